The molecule has 0 aliphatic carbocycles. The molecule has 2 rings (SSSR count). The number of nitrogens with one attached hydrogen (secondary N) is 2. The second-order valence-electron chi connectivity index (χ2n) is 10.4. The lowest BCUT2D eigenvalue weighted by Crippen LogP contribution is -2.54. The Morgan fingerprint density at radius 2 is 1.79 bits per heavy atom. The number of ether oxygens (including phenoxy) is 1. The summed E-state index contributed by atoms with van der Waals surface area (Å²) in [5.41, 5.74) is 6.93. The van der Waals surface area contributed by atoms with Crippen LogP contribution in [0.15, 0.2) is 30.3 Å². The van der Waals surface area contributed by atoms with Crippen molar-refractivity contribution in [1.29, 1.82) is 0 Å². The third-order valence-corrected chi connectivity index (χ3v) is 7.05. The molecule has 0 aromatic heterocycles. The molecule has 0 saturated carbocycles. The van der Waals surface area contributed by atoms with Crippen LogP contribution in [0.4, 0.5) is 0 Å². The molecule has 0 radical (unpaired) electrons. The van der Waals surface area contributed by atoms with Gasteiger partial charge in [0, 0.05) is 18.9 Å². The minimum absolute atomic E-state index is 0.0686. The van der Waals surface area contributed by atoms with E-state index >= 15 is 0 Å². The Bertz CT molecular complexity index is 1000. The van der Waals surface area contributed by atoms with Crippen LogP contribution in [0.1, 0.15) is 58.9 Å². The Morgan fingerprint density at radius 3 is 2.38 bits per heavy atom. The van der Waals surface area contributed by atoms with E-state index in [1.54, 1.807) is 38.1 Å². The number of aliphatic carboxylic acids is 1. The van der Waals surface area contributed by atoms with E-state index in [-0.39, 0.29) is 36.6 Å². The lowest BCUT2D eigenvalue weighted by Gasteiger charge is -2.34. The zero-order valence-electron chi connectivity index (χ0n) is 23.2. The van der Waals surface area contributed by atoms with Crippen LogP contribution in [-0.2, 0) is 35.1 Å². The molecule has 1 aromatic rings. The average Bonchev–Trinajstić information content (AvgIpc) is 3.39. The number of esters is 1. The molecule has 11 nitrogen and oxygen atoms in total. The molecule has 1 unspecified atom stereocenters. The van der Waals surface area contributed by atoms with Crippen LogP contribution in [0.3, 0.4) is 0 Å². The highest BCUT2D eigenvalue weighted by Gasteiger charge is 2.41. The molecule has 1 heterocycles. The molecule has 39 heavy (non-hydrogen) atoms. The molecule has 0 bridgehead atoms. The minimum atomic E-state index is -1.18. The van der Waals surface area contributed by atoms with E-state index in [0.29, 0.717) is 25.8 Å². The van der Waals surface area contributed by atoms with Crippen molar-refractivity contribution in [3.05, 3.63) is 35.9 Å². The molecule has 3 amide bonds. The number of likely N-dealkylation sites (tertiary alicyclic amines) is 1. The van der Waals surface area contributed by atoms with Gasteiger partial charge in [-0.1, -0.05) is 64.4 Å². The second kappa shape index (κ2) is 15.2. The molecule has 5 atom stereocenters. The van der Waals surface area contributed by atoms with Crippen LogP contribution in [0.2, 0.25) is 0 Å². The van der Waals surface area contributed by atoms with Gasteiger partial charge in [0.1, 0.15) is 12.1 Å². The molecular formula is C28H42N4O7. The summed E-state index contributed by atoms with van der Waals surface area (Å²) < 4.78 is 5.73. The third-order valence-electron chi connectivity index (χ3n) is 7.05. The van der Waals surface area contributed by atoms with E-state index < -0.39 is 48.5 Å². The Balaban J connectivity index is 2.23. The summed E-state index contributed by atoms with van der Waals surface area (Å²) in [6.45, 7) is 7.26. The van der Waals surface area contributed by atoms with Crippen molar-refractivity contribution < 1.29 is 33.8 Å². The van der Waals surface area contributed by atoms with Crippen molar-refractivity contribution in [2.75, 3.05) is 13.1 Å². The first-order valence-corrected chi connectivity index (χ1v) is 13.5. The van der Waals surface area contributed by atoms with Crippen LogP contribution < -0.4 is 16.4 Å². The van der Waals surface area contributed by atoms with Gasteiger partial charge in [-0.05, 0) is 24.3 Å². The lowest BCUT2D eigenvalue weighted by atomic mass is 9.97. The van der Waals surface area contributed by atoms with Gasteiger partial charge >= 0.3 is 11.9 Å². The van der Waals surface area contributed by atoms with E-state index in [4.69, 9.17) is 10.5 Å². The zero-order valence-corrected chi connectivity index (χ0v) is 23.2. The summed E-state index contributed by atoms with van der Waals surface area (Å²) in [5, 5.41) is 14.7. The lowest BCUT2D eigenvalue weighted by molar-refractivity contribution is -0.162. The van der Waals surface area contributed by atoms with E-state index in [0.717, 1.165) is 5.56 Å². The number of hydrogen-bond donors (Lipinski definition) is 4. The highest BCUT2D eigenvalue weighted by atomic mass is 16.5. The monoisotopic (exact) mass is 546 g/mol. The molecule has 1 saturated heterocycles. The Morgan fingerprint density at radius 1 is 1.13 bits per heavy atom. The first kappa shape index (κ1) is 31.7. The molecule has 5 N–H and O–H groups in total. The van der Waals surface area contributed by atoms with Crippen molar-refractivity contribution in [3.8, 4) is 0 Å². The van der Waals surface area contributed by atoms with Crippen molar-refractivity contribution in [3.63, 3.8) is 0 Å². The maximum Gasteiger partial charge on any atom is 0.329 e. The predicted molar refractivity (Wildman–Crippen MR) is 144 cm³/mol. The zero-order chi connectivity index (χ0) is 29.1. The van der Waals surface area contributed by atoms with E-state index in [1.807, 2.05) is 19.9 Å². The fraction of sp³-hybridized carbons (Fsp3) is 0.607. The fourth-order valence-corrected chi connectivity index (χ4v) is 4.46. The molecule has 1 aliphatic rings. The number of nitrogens with two attached hydrogens (primary N) is 1. The van der Waals surface area contributed by atoms with Crippen LogP contribution in [-0.4, -0.2) is 77.0 Å². The van der Waals surface area contributed by atoms with Gasteiger partial charge in [0.15, 0.2) is 0 Å². The van der Waals surface area contributed by atoms with Crippen LogP contribution >= 0.6 is 0 Å². The number of carbonyl (C=O) groups is 5. The molecule has 1 fully saturated rings. The first-order chi connectivity index (χ1) is 18.4. The fourth-order valence-electron chi connectivity index (χ4n) is 4.46. The maximum atomic E-state index is 13.4. The van der Waals surface area contributed by atoms with Gasteiger partial charge in [0.25, 0.3) is 0 Å². The molecule has 216 valence electrons. The van der Waals surface area contributed by atoms with Gasteiger partial charge in [-0.15, -0.1) is 0 Å². The van der Waals surface area contributed by atoms with E-state index in [1.165, 1.54) is 4.90 Å². The Kier molecular flexibility index (Phi) is 12.4. The van der Waals surface area contributed by atoms with Gasteiger partial charge in [0.05, 0.1) is 25.0 Å². The number of rotatable bonds is 14. The van der Waals surface area contributed by atoms with E-state index in [9.17, 15) is 29.1 Å². The number of amides is 3. The largest absolute Gasteiger partial charge is 0.481 e. The maximum absolute atomic E-state index is 13.4. The SMILES string of the molecule is CCC(C)[C@H](N)C(=O)N1CCC[C@H]1[C@H](CC(=O)O)OC(=O)[C@H](Cc1ccccc1)NC(=O)CNC(=O)C(C)C. The summed E-state index contributed by atoms with van der Waals surface area (Å²) >= 11 is 0. The van der Waals surface area contributed by atoms with E-state index in [2.05, 4.69) is 10.6 Å². The predicted octanol–water partition coefficient (Wildman–Crippen LogP) is 1.24. The molecule has 11 heteroatoms. The van der Waals surface area contributed by atoms with Crippen molar-refractivity contribution in [2.24, 2.45) is 17.6 Å². The number of carbonyl (C=O) groups excluding carboxylic acids is 4. The first-order valence-electron chi connectivity index (χ1n) is 13.5. The van der Waals surface area contributed by atoms with Crippen molar-refractivity contribution in [2.45, 2.75) is 84.0 Å². The summed E-state index contributed by atoms with van der Waals surface area (Å²) in [6.07, 6.45) is 0.252. The molecule has 1 aromatic carbocycles. The summed E-state index contributed by atoms with van der Waals surface area (Å²) in [5.74, 6) is -3.58. The third kappa shape index (κ3) is 9.65. The standard InChI is InChI=1S/C28H42N4O7/c1-5-18(4)25(29)27(37)32-13-9-12-21(32)22(15-24(34)35)39-28(38)20(14-19-10-7-6-8-11-19)31-23(33)16-30-26(36)17(2)3/h6-8,10-11,17-18,20-22,25H,5,9,12-16,29H2,1-4H3,(H,30,36)(H,31,33)(H,34,35)/t18?,20-,21-,22-,25-/m0/s1. The number of carboxylic acid groups (broad SMARTS) is 1. The quantitative estimate of drug-likeness (QED) is 0.253. The van der Waals surface area contributed by atoms with Crippen LogP contribution in [0.25, 0.3) is 0 Å². The summed E-state index contributed by atoms with van der Waals surface area (Å²) in [6, 6.07) is 6.44. The van der Waals surface area contributed by atoms with Gasteiger partial charge in [-0.25, -0.2) is 4.79 Å². The van der Waals surface area contributed by atoms with Gasteiger partial charge in [-0.3, -0.25) is 19.2 Å². The number of nitrogens with zero attached hydrogens (tertiary/aromatic N) is 1. The number of hydrogen-bond acceptors (Lipinski definition) is 7. The normalized spacial score (nSPS) is 18.1. The average molecular weight is 547 g/mol. The highest BCUT2D eigenvalue weighted by molar-refractivity contribution is 5.89. The topological polar surface area (TPSA) is 168 Å². The van der Waals surface area contributed by atoms with Gasteiger partial charge in [-0.2, -0.15) is 0 Å². The Hall–Kier alpha value is -3.47. The molecule has 1 aliphatic heterocycles. The smallest absolute Gasteiger partial charge is 0.329 e. The number of benzene rings is 1. The molecule has 0 spiro atoms. The van der Waals surface area contributed by atoms with Crippen LogP contribution in [0, 0.1) is 11.8 Å². The van der Waals surface area contributed by atoms with Gasteiger partial charge in [0.2, 0.25) is 17.7 Å². The Labute approximate surface area is 229 Å². The molecular weight excluding hydrogens is 504 g/mol. The van der Waals surface area contributed by atoms with Crippen molar-refractivity contribution in [1.82, 2.24) is 15.5 Å². The highest BCUT2D eigenvalue weighted by Crippen LogP contribution is 2.26. The summed E-state index contributed by atoms with van der Waals surface area (Å²) in [4.78, 5) is 64.3. The number of carboxylic acids is 1. The second-order valence-corrected chi connectivity index (χ2v) is 10.4. The minimum Gasteiger partial charge on any atom is -0.481 e. The summed E-state index contributed by atoms with van der Waals surface area (Å²) in [7, 11) is 0. The van der Waals surface area contributed by atoms with Gasteiger partial charge < -0.3 is 31.1 Å². The van der Waals surface area contributed by atoms with Crippen LogP contribution in [0.5, 0.6) is 0 Å². The van der Waals surface area contributed by atoms with Crippen molar-refractivity contribution >= 4 is 29.7 Å².